The molecule has 2 heterocycles. The zero-order valence-electron chi connectivity index (χ0n) is 14.5. The Balaban J connectivity index is 1.32. The van der Waals surface area contributed by atoms with Crippen LogP contribution in [0.4, 0.5) is 0 Å². The molecule has 2 aromatic rings. The number of Topliss-reactive ketones (excluding diaryl/α,β-unsaturated/α-hetero) is 1. The molecule has 0 bridgehead atoms. The number of benzene rings is 1. The van der Waals surface area contributed by atoms with E-state index >= 15 is 0 Å². The second-order valence-electron chi connectivity index (χ2n) is 5.86. The van der Waals surface area contributed by atoms with E-state index in [1.807, 2.05) is 18.2 Å². The number of ether oxygens (including phenoxy) is 3. The summed E-state index contributed by atoms with van der Waals surface area (Å²) in [5, 5.41) is 4.44. The average Bonchev–Trinajstić information content (AvgIpc) is 3.23. The number of carbonyl (C=O) groups excluding carboxylic acids is 3. The first kappa shape index (κ1) is 18.9. The van der Waals surface area contributed by atoms with Gasteiger partial charge in [-0.25, -0.2) is 0 Å². The summed E-state index contributed by atoms with van der Waals surface area (Å²) in [4.78, 5) is 35.9. The Hall–Kier alpha value is -2.87. The number of hydrogen-bond donors (Lipinski definition) is 1. The van der Waals surface area contributed by atoms with Gasteiger partial charge in [0.2, 0.25) is 0 Å². The third kappa shape index (κ3) is 5.55. The number of para-hydroxylation sites is 2. The fourth-order valence-corrected chi connectivity index (χ4v) is 3.13. The summed E-state index contributed by atoms with van der Waals surface area (Å²) in [5.41, 5.74) is 0. The molecule has 0 spiro atoms. The molecule has 0 aliphatic carbocycles. The van der Waals surface area contributed by atoms with Crippen molar-refractivity contribution in [1.29, 1.82) is 0 Å². The SMILES string of the molecule is O=C(COC(=O)CCC(=O)c1cccs1)NC[C@H]1COc2ccccc2O1. The van der Waals surface area contributed by atoms with Gasteiger partial charge in [0.15, 0.2) is 23.9 Å². The van der Waals surface area contributed by atoms with Crippen molar-refractivity contribution in [2.45, 2.75) is 18.9 Å². The highest BCUT2D eigenvalue weighted by atomic mass is 32.1. The largest absolute Gasteiger partial charge is 0.486 e. The molecule has 1 N–H and O–H groups in total. The van der Waals surface area contributed by atoms with Crippen molar-refractivity contribution in [2.75, 3.05) is 19.8 Å². The minimum Gasteiger partial charge on any atom is -0.486 e. The van der Waals surface area contributed by atoms with E-state index in [4.69, 9.17) is 14.2 Å². The lowest BCUT2D eigenvalue weighted by molar-refractivity contribution is -0.148. The van der Waals surface area contributed by atoms with Crippen molar-refractivity contribution < 1.29 is 28.6 Å². The van der Waals surface area contributed by atoms with E-state index in [0.29, 0.717) is 23.0 Å². The van der Waals surface area contributed by atoms with Crippen molar-refractivity contribution >= 4 is 29.0 Å². The lowest BCUT2D eigenvalue weighted by atomic mass is 10.2. The molecule has 7 nitrogen and oxygen atoms in total. The molecule has 142 valence electrons. The zero-order valence-corrected chi connectivity index (χ0v) is 15.3. The molecule has 0 radical (unpaired) electrons. The normalized spacial score (nSPS) is 15.0. The van der Waals surface area contributed by atoms with Crippen molar-refractivity contribution in [3.8, 4) is 11.5 Å². The zero-order chi connectivity index (χ0) is 19.1. The van der Waals surface area contributed by atoms with Crippen molar-refractivity contribution in [3.63, 3.8) is 0 Å². The van der Waals surface area contributed by atoms with E-state index in [1.54, 1.807) is 23.6 Å². The average molecular weight is 389 g/mol. The third-order valence-corrected chi connectivity index (χ3v) is 4.72. The van der Waals surface area contributed by atoms with Crippen molar-refractivity contribution in [1.82, 2.24) is 5.32 Å². The van der Waals surface area contributed by atoms with Crippen LogP contribution in [0.3, 0.4) is 0 Å². The molecule has 8 heteroatoms. The first-order valence-electron chi connectivity index (χ1n) is 8.49. The molecular weight excluding hydrogens is 370 g/mol. The molecule has 1 aromatic carbocycles. The monoisotopic (exact) mass is 389 g/mol. The summed E-state index contributed by atoms with van der Waals surface area (Å²) in [6.45, 7) is 0.166. The summed E-state index contributed by atoms with van der Waals surface area (Å²) in [7, 11) is 0. The second-order valence-corrected chi connectivity index (χ2v) is 6.81. The Morgan fingerprint density at radius 2 is 1.93 bits per heavy atom. The Morgan fingerprint density at radius 1 is 1.11 bits per heavy atom. The molecule has 0 saturated carbocycles. The summed E-state index contributed by atoms with van der Waals surface area (Å²) in [6, 6.07) is 10.8. The topological polar surface area (TPSA) is 90.9 Å². The number of carbonyl (C=O) groups is 3. The minimum absolute atomic E-state index is 0.0552. The van der Waals surface area contributed by atoms with Gasteiger partial charge in [-0.2, -0.15) is 0 Å². The van der Waals surface area contributed by atoms with Gasteiger partial charge in [0.25, 0.3) is 5.91 Å². The molecule has 27 heavy (non-hydrogen) atoms. The molecule has 1 amide bonds. The summed E-state index contributed by atoms with van der Waals surface area (Å²) in [5.74, 6) is 0.175. The number of esters is 1. The van der Waals surface area contributed by atoms with Crippen LogP contribution in [0.15, 0.2) is 41.8 Å². The number of amides is 1. The second kappa shape index (κ2) is 9.18. The van der Waals surface area contributed by atoms with Gasteiger partial charge in [-0.15, -0.1) is 11.3 Å². The van der Waals surface area contributed by atoms with E-state index < -0.39 is 18.5 Å². The van der Waals surface area contributed by atoms with Crippen LogP contribution in [-0.2, 0) is 14.3 Å². The maximum atomic E-state index is 11.8. The van der Waals surface area contributed by atoms with Gasteiger partial charge < -0.3 is 19.5 Å². The summed E-state index contributed by atoms with van der Waals surface area (Å²) < 4.78 is 16.2. The highest BCUT2D eigenvalue weighted by Crippen LogP contribution is 2.30. The number of thiophene rings is 1. The Kier molecular flexibility index (Phi) is 6.43. The van der Waals surface area contributed by atoms with Crippen molar-refractivity contribution in [3.05, 3.63) is 46.7 Å². The molecule has 0 saturated heterocycles. The molecule has 1 aromatic heterocycles. The van der Waals surface area contributed by atoms with Crippen LogP contribution < -0.4 is 14.8 Å². The maximum absolute atomic E-state index is 11.8. The predicted molar refractivity (Wildman–Crippen MR) is 98.2 cm³/mol. The predicted octanol–water partition coefficient (Wildman–Crippen LogP) is 2.21. The van der Waals surface area contributed by atoms with Gasteiger partial charge in [-0.1, -0.05) is 18.2 Å². The molecule has 1 atom stereocenters. The van der Waals surface area contributed by atoms with Gasteiger partial charge in [0.1, 0.15) is 12.7 Å². The summed E-state index contributed by atoms with van der Waals surface area (Å²) in [6.07, 6.45) is -0.309. The van der Waals surface area contributed by atoms with E-state index in [0.717, 1.165) is 0 Å². The lowest BCUT2D eigenvalue weighted by Crippen LogP contribution is -2.42. The van der Waals surface area contributed by atoms with Crippen LogP contribution in [0, 0.1) is 0 Å². The highest BCUT2D eigenvalue weighted by Gasteiger charge is 2.21. The molecule has 3 rings (SSSR count). The van der Waals surface area contributed by atoms with Crippen LogP contribution in [0.5, 0.6) is 11.5 Å². The Labute approximate surface area is 160 Å². The van der Waals surface area contributed by atoms with Crippen LogP contribution in [0.25, 0.3) is 0 Å². The van der Waals surface area contributed by atoms with E-state index in [-0.39, 0.29) is 31.3 Å². The van der Waals surface area contributed by atoms with Crippen LogP contribution in [-0.4, -0.2) is 43.5 Å². The minimum atomic E-state index is -0.582. The fourth-order valence-electron chi connectivity index (χ4n) is 2.44. The number of fused-ring (bicyclic) bond motifs is 1. The summed E-state index contributed by atoms with van der Waals surface area (Å²) >= 11 is 1.33. The van der Waals surface area contributed by atoms with Gasteiger partial charge in [0.05, 0.1) is 17.8 Å². The van der Waals surface area contributed by atoms with Gasteiger partial charge in [-0.3, -0.25) is 14.4 Å². The van der Waals surface area contributed by atoms with Crippen LogP contribution in [0.1, 0.15) is 22.5 Å². The quantitative estimate of drug-likeness (QED) is 0.550. The molecular formula is C19H19NO6S. The molecule has 1 aliphatic rings. The molecule has 0 fully saturated rings. The number of ketones is 1. The highest BCUT2D eigenvalue weighted by molar-refractivity contribution is 7.12. The van der Waals surface area contributed by atoms with Gasteiger partial charge >= 0.3 is 5.97 Å². The van der Waals surface area contributed by atoms with E-state index in [2.05, 4.69) is 5.32 Å². The van der Waals surface area contributed by atoms with Gasteiger partial charge in [-0.05, 0) is 23.6 Å². The maximum Gasteiger partial charge on any atom is 0.306 e. The first-order chi connectivity index (χ1) is 13.1. The number of rotatable bonds is 8. The Bertz CT molecular complexity index is 804. The van der Waals surface area contributed by atoms with Crippen LogP contribution in [0.2, 0.25) is 0 Å². The smallest absolute Gasteiger partial charge is 0.306 e. The molecule has 0 unspecified atom stereocenters. The Morgan fingerprint density at radius 3 is 2.70 bits per heavy atom. The van der Waals surface area contributed by atoms with Crippen LogP contribution >= 0.6 is 11.3 Å². The van der Waals surface area contributed by atoms with Crippen molar-refractivity contribution in [2.24, 2.45) is 0 Å². The van der Waals surface area contributed by atoms with Gasteiger partial charge in [0, 0.05) is 6.42 Å². The van der Waals surface area contributed by atoms with E-state index in [9.17, 15) is 14.4 Å². The number of hydrogen-bond acceptors (Lipinski definition) is 7. The fraction of sp³-hybridized carbons (Fsp3) is 0.316. The van der Waals surface area contributed by atoms with E-state index in [1.165, 1.54) is 11.3 Å². The number of nitrogens with one attached hydrogen (secondary N) is 1. The first-order valence-corrected chi connectivity index (χ1v) is 9.37. The standard InChI is InChI=1S/C19H19NO6S/c21-14(17-6-3-9-27-17)7-8-19(23)25-12-18(22)20-10-13-11-24-15-4-1-2-5-16(15)26-13/h1-6,9,13H,7-8,10-12H2,(H,20,22)/t13-/m0/s1. The third-order valence-electron chi connectivity index (χ3n) is 3.81. The lowest BCUT2D eigenvalue weighted by Gasteiger charge is -2.26. The molecule has 1 aliphatic heterocycles.